The SMILES string of the molecule is Cc1cccc(C)c1NC(=O)C(=O)Nc1ccc2c(c1)OCO2. The molecule has 0 radical (unpaired) electrons. The van der Waals surface area contributed by atoms with Crippen LogP contribution in [0.1, 0.15) is 11.1 Å². The first-order valence-electron chi connectivity index (χ1n) is 7.13. The third kappa shape index (κ3) is 3.11. The number of carbonyl (C=O) groups is 2. The Labute approximate surface area is 133 Å². The van der Waals surface area contributed by atoms with Crippen molar-refractivity contribution in [2.45, 2.75) is 13.8 Å². The monoisotopic (exact) mass is 312 g/mol. The first kappa shape index (κ1) is 14.9. The Bertz CT molecular complexity index is 766. The number of amides is 2. The second-order valence-electron chi connectivity index (χ2n) is 5.24. The quantitative estimate of drug-likeness (QED) is 0.836. The molecule has 6 heteroatoms. The lowest BCUT2D eigenvalue weighted by molar-refractivity contribution is -0.133. The molecule has 1 aliphatic heterocycles. The van der Waals surface area contributed by atoms with Crippen LogP contribution < -0.4 is 20.1 Å². The zero-order chi connectivity index (χ0) is 16.4. The number of nitrogens with one attached hydrogen (secondary N) is 2. The van der Waals surface area contributed by atoms with Crippen LogP contribution in [0, 0.1) is 13.8 Å². The van der Waals surface area contributed by atoms with Crippen LogP contribution >= 0.6 is 0 Å². The van der Waals surface area contributed by atoms with Crippen LogP contribution in [-0.2, 0) is 9.59 Å². The van der Waals surface area contributed by atoms with Gasteiger partial charge in [0.05, 0.1) is 0 Å². The molecule has 2 amide bonds. The Morgan fingerprint density at radius 2 is 1.57 bits per heavy atom. The van der Waals surface area contributed by atoms with Gasteiger partial charge in [-0.25, -0.2) is 0 Å². The maximum atomic E-state index is 12.1. The van der Waals surface area contributed by atoms with Gasteiger partial charge in [-0.1, -0.05) is 18.2 Å². The number of para-hydroxylation sites is 1. The van der Waals surface area contributed by atoms with Crippen molar-refractivity contribution in [1.29, 1.82) is 0 Å². The average molecular weight is 312 g/mol. The fraction of sp³-hybridized carbons (Fsp3) is 0.176. The predicted molar refractivity (Wildman–Crippen MR) is 85.7 cm³/mol. The largest absolute Gasteiger partial charge is 0.454 e. The number of hydrogen-bond acceptors (Lipinski definition) is 4. The Morgan fingerprint density at radius 3 is 2.30 bits per heavy atom. The van der Waals surface area contributed by atoms with E-state index in [0.717, 1.165) is 11.1 Å². The smallest absolute Gasteiger partial charge is 0.314 e. The number of carbonyl (C=O) groups excluding carboxylic acids is 2. The van der Waals surface area contributed by atoms with Crippen LogP contribution in [0.25, 0.3) is 0 Å². The maximum absolute atomic E-state index is 12.1. The van der Waals surface area contributed by atoms with Gasteiger partial charge in [0.1, 0.15) is 0 Å². The molecule has 0 aromatic heterocycles. The van der Waals surface area contributed by atoms with Crippen molar-refractivity contribution in [1.82, 2.24) is 0 Å². The minimum atomic E-state index is -0.744. The summed E-state index contributed by atoms with van der Waals surface area (Å²) in [6, 6.07) is 10.6. The molecule has 2 aromatic rings. The molecule has 2 N–H and O–H groups in total. The number of aryl methyl sites for hydroxylation is 2. The summed E-state index contributed by atoms with van der Waals surface area (Å²) >= 11 is 0. The van der Waals surface area contributed by atoms with Crippen molar-refractivity contribution in [2.75, 3.05) is 17.4 Å². The summed E-state index contributed by atoms with van der Waals surface area (Å²) < 4.78 is 10.4. The van der Waals surface area contributed by atoms with E-state index in [1.54, 1.807) is 18.2 Å². The van der Waals surface area contributed by atoms with Crippen molar-refractivity contribution in [3.8, 4) is 11.5 Å². The van der Waals surface area contributed by atoms with Crippen molar-refractivity contribution in [3.05, 3.63) is 47.5 Å². The van der Waals surface area contributed by atoms with E-state index in [2.05, 4.69) is 10.6 Å². The molecule has 118 valence electrons. The van der Waals surface area contributed by atoms with Gasteiger partial charge in [-0.05, 0) is 37.1 Å². The highest BCUT2D eigenvalue weighted by atomic mass is 16.7. The van der Waals surface area contributed by atoms with Gasteiger partial charge < -0.3 is 20.1 Å². The molecule has 0 fully saturated rings. The third-order valence-corrected chi connectivity index (χ3v) is 3.56. The molecule has 6 nitrogen and oxygen atoms in total. The Kier molecular flexibility index (Phi) is 3.89. The molecule has 0 aliphatic carbocycles. The molecular formula is C17H16N2O4. The van der Waals surface area contributed by atoms with Crippen LogP contribution in [-0.4, -0.2) is 18.6 Å². The molecule has 2 aromatic carbocycles. The molecular weight excluding hydrogens is 296 g/mol. The average Bonchev–Trinajstić information content (AvgIpc) is 2.98. The number of hydrogen-bond donors (Lipinski definition) is 2. The zero-order valence-corrected chi connectivity index (χ0v) is 12.8. The highest BCUT2D eigenvalue weighted by Crippen LogP contribution is 2.34. The molecule has 0 atom stereocenters. The summed E-state index contributed by atoms with van der Waals surface area (Å²) in [5.74, 6) is -0.312. The summed E-state index contributed by atoms with van der Waals surface area (Å²) in [5, 5.41) is 5.19. The minimum absolute atomic E-state index is 0.153. The lowest BCUT2D eigenvalue weighted by Crippen LogP contribution is -2.29. The summed E-state index contributed by atoms with van der Waals surface area (Å²) in [6.45, 7) is 3.90. The van der Waals surface area contributed by atoms with Crippen LogP contribution in [0.2, 0.25) is 0 Å². The molecule has 1 heterocycles. The fourth-order valence-corrected chi connectivity index (χ4v) is 2.34. The van der Waals surface area contributed by atoms with Gasteiger partial charge in [-0.15, -0.1) is 0 Å². The summed E-state index contributed by atoms with van der Waals surface area (Å²) in [6.07, 6.45) is 0. The summed E-state index contributed by atoms with van der Waals surface area (Å²) in [4.78, 5) is 24.1. The van der Waals surface area contributed by atoms with E-state index in [-0.39, 0.29) is 6.79 Å². The maximum Gasteiger partial charge on any atom is 0.314 e. The molecule has 0 saturated carbocycles. The first-order valence-corrected chi connectivity index (χ1v) is 7.13. The van der Waals surface area contributed by atoms with Gasteiger partial charge in [0.2, 0.25) is 6.79 Å². The van der Waals surface area contributed by atoms with Crippen LogP contribution in [0.3, 0.4) is 0 Å². The Morgan fingerprint density at radius 1 is 0.913 bits per heavy atom. The predicted octanol–water partition coefficient (Wildman–Crippen LogP) is 2.61. The van der Waals surface area contributed by atoms with Crippen molar-refractivity contribution in [2.24, 2.45) is 0 Å². The molecule has 23 heavy (non-hydrogen) atoms. The van der Waals surface area contributed by atoms with Crippen molar-refractivity contribution < 1.29 is 19.1 Å². The van der Waals surface area contributed by atoms with E-state index in [1.165, 1.54) is 0 Å². The highest BCUT2D eigenvalue weighted by molar-refractivity contribution is 6.43. The first-order chi connectivity index (χ1) is 11.0. The fourth-order valence-electron chi connectivity index (χ4n) is 2.34. The molecule has 0 bridgehead atoms. The zero-order valence-electron chi connectivity index (χ0n) is 12.8. The lowest BCUT2D eigenvalue weighted by Gasteiger charge is -2.11. The van der Waals surface area contributed by atoms with E-state index in [0.29, 0.717) is 22.9 Å². The second kappa shape index (κ2) is 6.00. The summed E-state index contributed by atoms with van der Waals surface area (Å²) in [7, 11) is 0. The van der Waals surface area contributed by atoms with Gasteiger partial charge >= 0.3 is 11.8 Å². The van der Waals surface area contributed by atoms with Gasteiger partial charge in [-0.2, -0.15) is 0 Å². The number of benzene rings is 2. The van der Waals surface area contributed by atoms with Gasteiger partial charge in [0.15, 0.2) is 11.5 Å². The molecule has 3 rings (SSSR count). The number of anilines is 2. The second-order valence-corrected chi connectivity index (χ2v) is 5.24. The van der Waals surface area contributed by atoms with E-state index in [9.17, 15) is 9.59 Å². The molecule has 0 unspecified atom stereocenters. The molecule has 1 aliphatic rings. The van der Waals surface area contributed by atoms with E-state index in [4.69, 9.17) is 9.47 Å². The Balaban J connectivity index is 1.69. The molecule has 0 saturated heterocycles. The van der Waals surface area contributed by atoms with Crippen LogP contribution in [0.4, 0.5) is 11.4 Å². The number of ether oxygens (including phenoxy) is 2. The third-order valence-electron chi connectivity index (χ3n) is 3.56. The van der Waals surface area contributed by atoms with Crippen molar-refractivity contribution in [3.63, 3.8) is 0 Å². The van der Waals surface area contributed by atoms with Crippen LogP contribution in [0.5, 0.6) is 11.5 Å². The lowest BCUT2D eigenvalue weighted by atomic mass is 10.1. The van der Waals surface area contributed by atoms with Gasteiger partial charge in [0.25, 0.3) is 0 Å². The van der Waals surface area contributed by atoms with Crippen molar-refractivity contribution >= 4 is 23.2 Å². The van der Waals surface area contributed by atoms with E-state index >= 15 is 0 Å². The molecule has 0 spiro atoms. The normalized spacial score (nSPS) is 11.9. The van der Waals surface area contributed by atoms with Gasteiger partial charge in [-0.3, -0.25) is 9.59 Å². The highest BCUT2D eigenvalue weighted by Gasteiger charge is 2.18. The van der Waals surface area contributed by atoms with Crippen LogP contribution in [0.15, 0.2) is 36.4 Å². The van der Waals surface area contributed by atoms with E-state index in [1.807, 2.05) is 32.0 Å². The minimum Gasteiger partial charge on any atom is -0.454 e. The van der Waals surface area contributed by atoms with E-state index < -0.39 is 11.8 Å². The number of fused-ring (bicyclic) bond motifs is 1. The Hall–Kier alpha value is -3.02. The topological polar surface area (TPSA) is 76.7 Å². The standard InChI is InChI=1S/C17H16N2O4/c1-10-4-3-5-11(2)15(10)19-17(21)16(20)18-12-6-7-13-14(8-12)23-9-22-13/h3-8H,9H2,1-2H3,(H,18,20)(H,19,21). The number of rotatable bonds is 2. The van der Waals surface area contributed by atoms with Gasteiger partial charge in [0, 0.05) is 17.4 Å². The summed E-state index contributed by atoms with van der Waals surface area (Å²) in [5.41, 5.74) is 2.91.